The molecular formula is C21H19N3O6. The van der Waals surface area contributed by atoms with Gasteiger partial charge in [0.05, 0.1) is 4.92 Å². The zero-order chi connectivity index (χ0) is 21.5. The van der Waals surface area contributed by atoms with Gasteiger partial charge in [-0.2, -0.15) is 0 Å². The third-order valence-electron chi connectivity index (χ3n) is 4.15. The van der Waals surface area contributed by atoms with Crippen LogP contribution in [0.4, 0.5) is 5.69 Å². The molecule has 0 heterocycles. The molecule has 0 aliphatic rings. The summed E-state index contributed by atoms with van der Waals surface area (Å²) in [4.78, 5) is 34.0. The number of hydrogen-bond donors (Lipinski definition) is 2. The molecule has 0 bridgehead atoms. The fourth-order valence-electron chi connectivity index (χ4n) is 2.58. The minimum Gasteiger partial charge on any atom is -0.484 e. The van der Waals surface area contributed by atoms with Crippen LogP contribution in [0.1, 0.15) is 6.92 Å². The van der Waals surface area contributed by atoms with Crippen molar-refractivity contribution < 1.29 is 24.0 Å². The molecular weight excluding hydrogens is 390 g/mol. The van der Waals surface area contributed by atoms with Crippen LogP contribution in [0.5, 0.6) is 11.5 Å². The molecule has 2 amide bonds. The number of nitrogens with one attached hydrogen (secondary N) is 2. The van der Waals surface area contributed by atoms with Crippen LogP contribution in [0.2, 0.25) is 0 Å². The van der Waals surface area contributed by atoms with Gasteiger partial charge in [0.2, 0.25) is 0 Å². The van der Waals surface area contributed by atoms with Gasteiger partial charge in [-0.25, -0.2) is 0 Å². The molecule has 2 N–H and O–H groups in total. The predicted octanol–water partition coefficient (Wildman–Crippen LogP) is 2.74. The van der Waals surface area contributed by atoms with Gasteiger partial charge < -0.3 is 9.47 Å². The standard InChI is InChI=1S/C21H19N3O6/c1-14(30-19-9-6-15-4-2-3-5-16(15)12-19)21(26)23-22-20(25)13-29-18-10-7-17(8-11-18)24(27)28/h2-12,14H,13H2,1H3,(H,22,25)(H,23,26)/t14-/m0/s1. The zero-order valence-corrected chi connectivity index (χ0v) is 16.0. The summed E-state index contributed by atoms with van der Waals surface area (Å²) in [5, 5.41) is 12.6. The van der Waals surface area contributed by atoms with E-state index in [2.05, 4.69) is 10.9 Å². The molecule has 9 nitrogen and oxygen atoms in total. The van der Waals surface area contributed by atoms with Crippen molar-refractivity contribution in [1.82, 2.24) is 10.9 Å². The Bertz CT molecular complexity index is 1070. The second-order valence-corrected chi connectivity index (χ2v) is 6.35. The van der Waals surface area contributed by atoms with Crippen LogP contribution in [0.3, 0.4) is 0 Å². The average Bonchev–Trinajstić information content (AvgIpc) is 2.76. The fraction of sp³-hybridized carbons (Fsp3) is 0.143. The van der Waals surface area contributed by atoms with E-state index >= 15 is 0 Å². The number of benzene rings is 3. The third kappa shape index (κ3) is 5.44. The number of nitro groups is 1. The Morgan fingerprint density at radius 1 is 0.967 bits per heavy atom. The van der Waals surface area contributed by atoms with Crippen molar-refractivity contribution in [3.63, 3.8) is 0 Å². The van der Waals surface area contributed by atoms with Gasteiger partial charge in [-0.05, 0) is 42.0 Å². The minimum absolute atomic E-state index is 0.0838. The molecule has 0 spiro atoms. The lowest BCUT2D eigenvalue weighted by Crippen LogP contribution is -2.48. The minimum atomic E-state index is -0.845. The van der Waals surface area contributed by atoms with Gasteiger partial charge >= 0.3 is 0 Å². The molecule has 0 aliphatic heterocycles. The maximum atomic E-state index is 12.1. The number of carbonyl (C=O) groups excluding carboxylic acids is 2. The quantitative estimate of drug-likeness (QED) is 0.457. The molecule has 0 radical (unpaired) electrons. The van der Waals surface area contributed by atoms with Crippen molar-refractivity contribution >= 4 is 28.3 Å². The lowest BCUT2D eigenvalue weighted by molar-refractivity contribution is -0.384. The number of non-ortho nitro benzene ring substituents is 1. The van der Waals surface area contributed by atoms with Crippen LogP contribution in [-0.4, -0.2) is 29.4 Å². The summed E-state index contributed by atoms with van der Waals surface area (Å²) in [7, 11) is 0. The van der Waals surface area contributed by atoms with Crippen molar-refractivity contribution in [2.75, 3.05) is 6.61 Å². The average molecular weight is 409 g/mol. The topological polar surface area (TPSA) is 120 Å². The summed E-state index contributed by atoms with van der Waals surface area (Å²) in [5.74, 6) is -0.314. The maximum absolute atomic E-state index is 12.1. The van der Waals surface area contributed by atoms with Gasteiger partial charge in [-0.3, -0.25) is 30.6 Å². The van der Waals surface area contributed by atoms with E-state index in [9.17, 15) is 19.7 Å². The summed E-state index contributed by atoms with van der Waals surface area (Å²) < 4.78 is 10.8. The highest BCUT2D eigenvalue weighted by atomic mass is 16.6. The first kappa shape index (κ1) is 20.6. The van der Waals surface area contributed by atoms with Crippen LogP contribution in [0.15, 0.2) is 66.7 Å². The van der Waals surface area contributed by atoms with Crippen molar-refractivity contribution in [2.24, 2.45) is 0 Å². The molecule has 0 saturated carbocycles. The molecule has 3 rings (SSSR count). The van der Waals surface area contributed by atoms with Gasteiger partial charge in [0.1, 0.15) is 11.5 Å². The lowest BCUT2D eigenvalue weighted by atomic mass is 10.1. The maximum Gasteiger partial charge on any atom is 0.279 e. The zero-order valence-electron chi connectivity index (χ0n) is 16.0. The Labute approximate surface area is 171 Å². The normalized spacial score (nSPS) is 11.4. The smallest absolute Gasteiger partial charge is 0.279 e. The monoisotopic (exact) mass is 409 g/mol. The summed E-state index contributed by atoms with van der Waals surface area (Å²) in [6, 6.07) is 18.5. The summed E-state index contributed by atoms with van der Waals surface area (Å²) in [5.41, 5.74) is 4.41. The second kappa shape index (κ2) is 9.37. The van der Waals surface area contributed by atoms with Crippen molar-refractivity contribution in [3.05, 3.63) is 76.8 Å². The molecule has 1 atom stereocenters. The molecule has 0 unspecified atom stereocenters. The predicted molar refractivity (Wildman–Crippen MR) is 109 cm³/mol. The molecule has 0 aromatic heterocycles. The Morgan fingerprint density at radius 2 is 1.63 bits per heavy atom. The van der Waals surface area contributed by atoms with Gasteiger partial charge in [0.15, 0.2) is 12.7 Å². The molecule has 154 valence electrons. The second-order valence-electron chi connectivity index (χ2n) is 6.35. The third-order valence-corrected chi connectivity index (χ3v) is 4.15. The van der Waals surface area contributed by atoms with E-state index < -0.39 is 22.8 Å². The molecule has 0 aliphatic carbocycles. The van der Waals surface area contributed by atoms with Crippen molar-refractivity contribution in [1.29, 1.82) is 0 Å². The number of hydrogen-bond acceptors (Lipinski definition) is 6. The number of hydrazine groups is 1. The SMILES string of the molecule is C[C@H](Oc1ccc2ccccc2c1)C(=O)NNC(=O)COc1ccc([N+](=O)[O-])cc1. The highest BCUT2D eigenvalue weighted by Crippen LogP contribution is 2.21. The van der Waals surface area contributed by atoms with Crippen LogP contribution in [0.25, 0.3) is 10.8 Å². The van der Waals surface area contributed by atoms with Gasteiger partial charge in [0, 0.05) is 12.1 Å². The molecule has 3 aromatic rings. The summed E-state index contributed by atoms with van der Waals surface area (Å²) in [6.45, 7) is 1.18. The number of ether oxygens (including phenoxy) is 2. The van der Waals surface area contributed by atoms with Gasteiger partial charge in [-0.1, -0.05) is 30.3 Å². The first-order chi connectivity index (χ1) is 14.4. The Hall–Kier alpha value is -4.14. The number of carbonyl (C=O) groups is 2. The van der Waals surface area contributed by atoms with Crippen LogP contribution >= 0.6 is 0 Å². The number of nitro benzene ring substituents is 1. The Balaban J connectivity index is 1.44. The molecule has 30 heavy (non-hydrogen) atoms. The van der Waals surface area contributed by atoms with E-state index in [-0.39, 0.29) is 18.0 Å². The van der Waals surface area contributed by atoms with Crippen LogP contribution < -0.4 is 20.3 Å². The van der Waals surface area contributed by atoms with E-state index in [4.69, 9.17) is 9.47 Å². The molecule has 3 aromatic carbocycles. The summed E-state index contributed by atoms with van der Waals surface area (Å²) >= 11 is 0. The highest BCUT2D eigenvalue weighted by Gasteiger charge is 2.16. The first-order valence-corrected chi connectivity index (χ1v) is 9.04. The molecule has 0 saturated heterocycles. The number of nitrogens with zero attached hydrogens (tertiary/aromatic N) is 1. The Kier molecular flexibility index (Phi) is 6.43. The lowest BCUT2D eigenvalue weighted by Gasteiger charge is -2.15. The Morgan fingerprint density at radius 3 is 2.33 bits per heavy atom. The highest BCUT2D eigenvalue weighted by molar-refractivity contribution is 5.86. The van der Waals surface area contributed by atoms with Crippen molar-refractivity contribution in [2.45, 2.75) is 13.0 Å². The molecule has 0 fully saturated rings. The number of rotatable bonds is 7. The van der Waals surface area contributed by atoms with Crippen LogP contribution in [-0.2, 0) is 9.59 Å². The van der Waals surface area contributed by atoms with E-state index in [1.54, 1.807) is 13.0 Å². The number of fused-ring (bicyclic) bond motifs is 1. The van der Waals surface area contributed by atoms with Gasteiger partial charge in [0.25, 0.3) is 17.5 Å². The van der Waals surface area contributed by atoms with E-state index in [0.717, 1.165) is 10.8 Å². The summed E-state index contributed by atoms with van der Waals surface area (Å²) in [6.07, 6.45) is -0.845. The largest absolute Gasteiger partial charge is 0.484 e. The van der Waals surface area contributed by atoms with E-state index in [0.29, 0.717) is 5.75 Å². The van der Waals surface area contributed by atoms with E-state index in [1.807, 2.05) is 36.4 Å². The fourth-order valence-corrected chi connectivity index (χ4v) is 2.58. The van der Waals surface area contributed by atoms with Crippen LogP contribution in [0, 0.1) is 10.1 Å². The van der Waals surface area contributed by atoms with Gasteiger partial charge in [-0.15, -0.1) is 0 Å². The first-order valence-electron chi connectivity index (χ1n) is 9.04. The van der Waals surface area contributed by atoms with Crippen molar-refractivity contribution in [3.8, 4) is 11.5 Å². The van der Waals surface area contributed by atoms with E-state index in [1.165, 1.54) is 24.3 Å². The number of amides is 2. The molecule has 9 heteroatoms.